The van der Waals surface area contributed by atoms with E-state index in [4.69, 9.17) is 7.32 Å². The fourth-order valence-electron chi connectivity index (χ4n) is 0.369. The van der Waals surface area contributed by atoms with E-state index in [0.29, 0.717) is 13.2 Å². The number of hydrogen-bond acceptors (Lipinski definition) is 3. The molecule has 3 nitrogen and oxygen atoms in total. The molecule has 0 rings (SSSR count). The monoisotopic (exact) mass is 255 g/mol. The van der Waals surface area contributed by atoms with Gasteiger partial charge >= 0.3 is 66.7 Å². The van der Waals surface area contributed by atoms with Crippen LogP contribution >= 0.6 is 0 Å². The minimum absolute atomic E-state index is 0. The molecule has 0 N–H and O–H groups in total. The third-order valence-corrected chi connectivity index (χ3v) is 2.03. The first-order valence-corrected chi connectivity index (χ1v) is 5.25. The van der Waals surface area contributed by atoms with Crippen LogP contribution in [0, 0.1) is 0 Å². The minimum atomic E-state index is -2.55. The van der Waals surface area contributed by atoms with Gasteiger partial charge in [-0.25, -0.2) is 0 Å². The van der Waals surface area contributed by atoms with E-state index in [9.17, 15) is 3.67 Å². The van der Waals surface area contributed by atoms with Crippen LogP contribution < -0.4 is 24.8 Å². The number of hydrogen-bond donors (Lipinski definition) is 0. The molecule has 0 fully saturated rings. The molecule has 0 saturated carbocycles. The molecule has 0 atom stereocenters. The van der Waals surface area contributed by atoms with Gasteiger partial charge in [0.1, 0.15) is 0 Å². The Morgan fingerprint density at radius 1 is 1.00 bits per heavy atom. The summed E-state index contributed by atoms with van der Waals surface area (Å²) in [5.74, 6) is 0. The molecule has 0 saturated heterocycles. The molecule has 0 aliphatic heterocycles. The molecule has 0 aliphatic rings. The summed E-state index contributed by atoms with van der Waals surface area (Å²) in [4.78, 5) is 0. The maximum Gasteiger partial charge on any atom is -1.00 e. The summed E-state index contributed by atoms with van der Waals surface area (Å²) in [6.45, 7) is 5.05. The molecule has 0 radical (unpaired) electrons. The Bertz CT molecular complexity index is 92.8. The molecular weight excluding hydrogens is 242 g/mol. The van der Waals surface area contributed by atoms with Crippen molar-refractivity contribution in [1.29, 1.82) is 0 Å². The Hall–Kier alpha value is 0.884. The molecule has 0 aromatic rings. The van der Waals surface area contributed by atoms with Gasteiger partial charge in [0, 0.05) is 0 Å². The minimum Gasteiger partial charge on any atom is -1.00 e. The fourth-order valence-corrected chi connectivity index (χ4v) is 1.52. The van der Waals surface area contributed by atoms with Crippen molar-refractivity contribution in [1.82, 2.24) is 0 Å². The summed E-state index contributed by atoms with van der Waals surface area (Å²) in [6, 6.07) is 0. The Morgan fingerprint density at radius 2 is 1.33 bits per heavy atom. The maximum atomic E-state index is 10.7. The van der Waals surface area contributed by atoms with E-state index in [1.54, 1.807) is 0 Å². The predicted octanol–water partition coefficient (Wildman–Crippen LogP) is -4.36. The predicted molar refractivity (Wildman–Crippen MR) is 33.2 cm³/mol. The van der Waals surface area contributed by atoms with Crippen molar-refractivity contribution in [3.05, 3.63) is 0 Å². The molecule has 0 aromatic heterocycles. The zero-order valence-electron chi connectivity index (χ0n) is 7.26. The Balaban J connectivity index is -0.000000405. The van der Waals surface area contributed by atoms with Gasteiger partial charge in [-0.1, -0.05) is 0 Å². The van der Waals surface area contributed by atoms with E-state index in [-0.39, 0.29) is 24.8 Å². The average Bonchev–Trinajstić information content (AvgIpc) is 1.97. The normalized spacial score (nSPS) is 8.17. The van der Waals surface area contributed by atoms with Crippen LogP contribution in [0.25, 0.3) is 0 Å². The van der Waals surface area contributed by atoms with Crippen molar-refractivity contribution in [3.63, 3.8) is 0 Å². The second-order valence-corrected chi connectivity index (χ2v) is 3.39. The van der Waals surface area contributed by atoms with E-state index in [2.05, 4.69) is 0 Å². The van der Waals surface area contributed by atoms with Crippen molar-refractivity contribution < 1.29 is 51.6 Å². The molecule has 0 amide bonds. The molecule has 0 aromatic carbocycles. The first-order valence-electron chi connectivity index (χ1n) is 3.54. The van der Waals surface area contributed by atoms with Gasteiger partial charge in [0.05, 0.1) is 0 Å². The average molecular weight is 256 g/mol. The van der Waals surface area contributed by atoms with Crippen molar-refractivity contribution >= 4 is 0 Å². The van der Waals surface area contributed by atoms with Gasteiger partial charge in [-0.3, -0.25) is 0 Å². The molecule has 0 spiro atoms. The summed E-state index contributed by atoms with van der Waals surface area (Å²) in [5, 5.41) is 0. The standard InChI is InChI=1S/2C3H7O.2ClH.O.V/c2*1-2-3-4;;;;/h2*2-3H2,1H3;2*1H;;/q2*-1;;;;+4/p-2. The van der Waals surface area contributed by atoms with Crippen LogP contribution in [0.1, 0.15) is 26.7 Å². The largest absolute Gasteiger partial charge is 1.00 e. The van der Waals surface area contributed by atoms with Crippen LogP contribution in [0.2, 0.25) is 0 Å². The second kappa shape index (κ2) is 14.4. The maximum absolute atomic E-state index is 10.7. The van der Waals surface area contributed by atoms with E-state index < -0.39 is 15.8 Å². The fraction of sp³-hybridized carbons (Fsp3) is 1.00. The van der Waals surface area contributed by atoms with Crippen LogP contribution in [0.4, 0.5) is 0 Å². The van der Waals surface area contributed by atoms with E-state index in [1.807, 2.05) is 13.8 Å². The molecule has 0 aliphatic carbocycles. The van der Waals surface area contributed by atoms with Crippen molar-refractivity contribution in [2.24, 2.45) is 0 Å². The van der Waals surface area contributed by atoms with Gasteiger partial charge in [-0.05, 0) is 0 Å². The van der Waals surface area contributed by atoms with E-state index in [0.717, 1.165) is 12.8 Å². The van der Waals surface area contributed by atoms with Gasteiger partial charge < -0.3 is 24.8 Å². The summed E-state index contributed by atoms with van der Waals surface area (Å²) in [6.07, 6.45) is 1.78. The zero-order valence-corrected chi connectivity index (χ0v) is 10.2. The molecule has 0 heterocycles. The van der Waals surface area contributed by atoms with Crippen LogP contribution in [-0.2, 0) is 26.8 Å². The topological polar surface area (TPSA) is 35.5 Å². The Kier molecular flexibility index (Phi) is 22.4. The summed E-state index contributed by atoms with van der Waals surface area (Å²) < 4.78 is 20.5. The molecule has 75 valence electrons. The van der Waals surface area contributed by atoms with Gasteiger partial charge in [-0.2, -0.15) is 0 Å². The SMILES string of the molecule is CCC[O][V+2](=[O])[O]CCC.[Cl-].[Cl-]. The Labute approximate surface area is 91.5 Å². The van der Waals surface area contributed by atoms with Gasteiger partial charge in [0.15, 0.2) is 0 Å². The first kappa shape index (κ1) is 18.6. The molecular formula is C6H14Cl2O3V. The van der Waals surface area contributed by atoms with Gasteiger partial charge in [0.2, 0.25) is 0 Å². The molecule has 0 bridgehead atoms. The molecule has 0 unspecified atom stereocenters. The van der Waals surface area contributed by atoms with Crippen LogP contribution in [0.15, 0.2) is 0 Å². The summed E-state index contributed by atoms with van der Waals surface area (Å²) in [5.41, 5.74) is 0. The smallest absolute Gasteiger partial charge is 1.00 e. The van der Waals surface area contributed by atoms with Crippen molar-refractivity contribution in [2.75, 3.05) is 13.2 Å². The van der Waals surface area contributed by atoms with Crippen LogP contribution in [0.5, 0.6) is 0 Å². The number of halogens is 2. The van der Waals surface area contributed by atoms with Crippen LogP contribution in [-0.4, -0.2) is 13.2 Å². The van der Waals surface area contributed by atoms with Crippen molar-refractivity contribution in [3.8, 4) is 0 Å². The Morgan fingerprint density at radius 3 is 1.58 bits per heavy atom. The van der Waals surface area contributed by atoms with E-state index in [1.165, 1.54) is 0 Å². The first-order chi connectivity index (χ1) is 4.81. The van der Waals surface area contributed by atoms with E-state index >= 15 is 0 Å². The van der Waals surface area contributed by atoms with Crippen LogP contribution in [0.3, 0.4) is 0 Å². The molecule has 6 heteroatoms. The quantitative estimate of drug-likeness (QED) is 0.482. The third kappa shape index (κ3) is 13.5. The summed E-state index contributed by atoms with van der Waals surface area (Å²) >= 11 is -2.55. The third-order valence-electron chi connectivity index (χ3n) is 0.802. The summed E-state index contributed by atoms with van der Waals surface area (Å²) in [7, 11) is 0. The van der Waals surface area contributed by atoms with Crippen molar-refractivity contribution in [2.45, 2.75) is 26.7 Å². The second-order valence-electron chi connectivity index (χ2n) is 1.89. The zero-order chi connectivity index (χ0) is 7.82. The molecule has 12 heavy (non-hydrogen) atoms. The van der Waals surface area contributed by atoms with Gasteiger partial charge in [-0.15, -0.1) is 0 Å². The number of rotatable bonds is 6. The van der Waals surface area contributed by atoms with Gasteiger partial charge in [0.25, 0.3) is 0 Å².